The minimum Gasteiger partial charge on any atom is -0.349 e. The zero-order valence-electron chi connectivity index (χ0n) is 15.4. The molecule has 0 aliphatic carbocycles. The van der Waals surface area contributed by atoms with Gasteiger partial charge in [0.05, 0.1) is 6.54 Å². The molecule has 6 nitrogen and oxygen atoms in total. The summed E-state index contributed by atoms with van der Waals surface area (Å²) in [6, 6.07) is 14.2. The smallest absolute Gasteiger partial charge is 0.251 e. The van der Waals surface area contributed by atoms with Crippen LogP contribution in [-0.2, 0) is 4.79 Å². The average Bonchev–Trinajstić information content (AvgIpc) is 2.73. The van der Waals surface area contributed by atoms with Crippen LogP contribution >= 0.6 is 0 Å². The van der Waals surface area contributed by atoms with Gasteiger partial charge in [-0.3, -0.25) is 14.4 Å². The molecule has 28 heavy (non-hydrogen) atoms. The molecular formula is C21H22FN3O3. The third kappa shape index (κ3) is 5.16. The Morgan fingerprint density at radius 1 is 0.929 bits per heavy atom. The summed E-state index contributed by atoms with van der Waals surface area (Å²) in [5.74, 6) is -1.21. The molecule has 0 spiro atoms. The maximum Gasteiger partial charge on any atom is 0.251 e. The summed E-state index contributed by atoms with van der Waals surface area (Å²) in [5, 5.41) is 5.51. The van der Waals surface area contributed by atoms with Crippen LogP contribution in [0, 0.1) is 5.82 Å². The van der Waals surface area contributed by atoms with Gasteiger partial charge < -0.3 is 15.5 Å². The number of halogens is 1. The number of nitrogens with one attached hydrogen (secondary N) is 2. The number of hydrogen-bond acceptors (Lipinski definition) is 3. The summed E-state index contributed by atoms with van der Waals surface area (Å²) in [7, 11) is 0. The maximum atomic E-state index is 13.2. The number of carbonyl (C=O) groups is 3. The van der Waals surface area contributed by atoms with Gasteiger partial charge in [0, 0.05) is 30.3 Å². The molecule has 0 aromatic heterocycles. The van der Waals surface area contributed by atoms with Gasteiger partial charge in [-0.05, 0) is 43.2 Å². The Morgan fingerprint density at radius 2 is 1.61 bits per heavy atom. The van der Waals surface area contributed by atoms with Gasteiger partial charge in [0.1, 0.15) is 5.82 Å². The highest BCUT2D eigenvalue weighted by atomic mass is 19.1. The number of nitrogens with zero attached hydrogens (tertiary/aromatic N) is 1. The summed E-state index contributed by atoms with van der Waals surface area (Å²) in [5.41, 5.74) is 0.788. The molecule has 3 amide bonds. The van der Waals surface area contributed by atoms with E-state index >= 15 is 0 Å². The molecule has 0 radical (unpaired) electrons. The van der Waals surface area contributed by atoms with E-state index in [1.165, 1.54) is 18.2 Å². The number of amides is 3. The highest BCUT2D eigenvalue weighted by molar-refractivity contribution is 5.96. The predicted molar refractivity (Wildman–Crippen MR) is 102 cm³/mol. The second-order valence-corrected chi connectivity index (χ2v) is 6.69. The Labute approximate surface area is 162 Å². The van der Waals surface area contributed by atoms with Crippen molar-refractivity contribution in [3.63, 3.8) is 0 Å². The van der Waals surface area contributed by atoms with Gasteiger partial charge in [0.15, 0.2) is 0 Å². The molecule has 0 unspecified atom stereocenters. The van der Waals surface area contributed by atoms with E-state index in [0.717, 1.165) is 0 Å². The summed E-state index contributed by atoms with van der Waals surface area (Å²) < 4.78 is 13.2. The fourth-order valence-electron chi connectivity index (χ4n) is 3.13. The van der Waals surface area contributed by atoms with Crippen LogP contribution < -0.4 is 10.6 Å². The standard InChI is InChI=1S/C21H22FN3O3/c22-17-8-4-7-16(13-17)21(28)24-18-9-11-25(12-10-18)19(26)14-23-20(27)15-5-2-1-3-6-15/h1-8,13,18H,9-12,14H2,(H,23,27)(H,24,28). The molecule has 0 bridgehead atoms. The van der Waals surface area contributed by atoms with Gasteiger partial charge in [0.2, 0.25) is 5.91 Å². The van der Waals surface area contributed by atoms with Crippen LogP contribution in [0.1, 0.15) is 33.6 Å². The molecule has 0 atom stereocenters. The first-order chi connectivity index (χ1) is 13.5. The Balaban J connectivity index is 1.42. The summed E-state index contributed by atoms with van der Waals surface area (Å²) >= 11 is 0. The molecule has 2 aromatic carbocycles. The summed E-state index contributed by atoms with van der Waals surface area (Å²) in [6.07, 6.45) is 1.22. The Hall–Kier alpha value is -3.22. The van der Waals surface area contributed by atoms with E-state index < -0.39 is 5.82 Å². The van der Waals surface area contributed by atoms with Crippen molar-refractivity contribution in [2.24, 2.45) is 0 Å². The predicted octanol–water partition coefficient (Wildman–Crippen LogP) is 1.98. The average molecular weight is 383 g/mol. The quantitative estimate of drug-likeness (QED) is 0.829. The van der Waals surface area contributed by atoms with E-state index in [1.807, 2.05) is 6.07 Å². The van der Waals surface area contributed by atoms with E-state index in [9.17, 15) is 18.8 Å². The lowest BCUT2D eigenvalue weighted by atomic mass is 10.0. The summed E-state index contributed by atoms with van der Waals surface area (Å²) in [4.78, 5) is 38.2. The van der Waals surface area contributed by atoms with Crippen molar-refractivity contribution in [2.75, 3.05) is 19.6 Å². The number of carbonyl (C=O) groups excluding carboxylic acids is 3. The van der Waals surface area contributed by atoms with Crippen LogP contribution in [0.4, 0.5) is 4.39 Å². The number of likely N-dealkylation sites (tertiary alicyclic amines) is 1. The molecule has 1 heterocycles. The normalized spacial score (nSPS) is 14.4. The van der Waals surface area contributed by atoms with Gasteiger partial charge in [0.25, 0.3) is 11.8 Å². The minimum atomic E-state index is -0.453. The number of hydrogen-bond donors (Lipinski definition) is 2. The number of piperidine rings is 1. The zero-order chi connectivity index (χ0) is 19.9. The first-order valence-corrected chi connectivity index (χ1v) is 9.20. The van der Waals surface area contributed by atoms with Crippen molar-refractivity contribution in [1.82, 2.24) is 15.5 Å². The second-order valence-electron chi connectivity index (χ2n) is 6.69. The van der Waals surface area contributed by atoms with E-state index in [2.05, 4.69) is 10.6 Å². The van der Waals surface area contributed by atoms with Crippen LogP contribution in [0.25, 0.3) is 0 Å². The second kappa shape index (κ2) is 9.12. The fraction of sp³-hybridized carbons (Fsp3) is 0.286. The number of benzene rings is 2. The lowest BCUT2D eigenvalue weighted by molar-refractivity contribution is -0.131. The molecule has 2 aromatic rings. The highest BCUT2D eigenvalue weighted by Gasteiger charge is 2.24. The molecular weight excluding hydrogens is 361 g/mol. The van der Waals surface area contributed by atoms with Gasteiger partial charge in [-0.1, -0.05) is 24.3 Å². The first kappa shape index (κ1) is 19.5. The van der Waals surface area contributed by atoms with E-state index in [1.54, 1.807) is 35.2 Å². The van der Waals surface area contributed by atoms with Crippen molar-refractivity contribution in [1.29, 1.82) is 0 Å². The monoisotopic (exact) mass is 383 g/mol. The Kier molecular flexibility index (Phi) is 6.37. The van der Waals surface area contributed by atoms with E-state index in [0.29, 0.717) is 31.5 Å². The topological polar surface area (TPSA) is 78.5 Å². The van der Waals surface area contributed by atoms with Crippen LogP contribution in [0.15, 0.2) is 54.6 Å². The maximum absolute atomic E-state index is 13.2. The third-order valence-corrected chi connectivity index (χ3v) is 4.71. The molecule has 7 heteroatoms. The lowest BCUT2D eigenvalue weighted by Gasteiger charge is -2.32. The molecule has 2 N–H and O–H groups in total. The minimum absolute atomic E-state index is 0.0615. The van der Waals surface area contributed by atoms with Gasteiger partial charge in [-0.25, -0.2) is 4.39 Å². The van der Waals surface area contributed by atoms with Crippen molar-refractivity contribution >= 4 is 17.7 Å². The van der Waals surface area contributed by atoms with Gasteiger partial charge in [-0.15, -0.1) is 0 Å². The Bertz CT molecular complexity index is 849. The molecule has 0 saturated carbocycles. The van der Waals surface area contributed by atoms with Crippen LogP contribution in [0.5, 0.6) is 0 Å². The van der Waals surface area contributed by atoms with Crippen molar-refractivity contribution in [3.8, 4) is 0 Å². The van der Waals surface area contributed by atoms with Crippen LogP contribution in [-0.4, -0.2) is 48.3 Å². The fourth-order valence-corrected chi connectivity index (χ4v) is 3.13. The molecule has 3 rings (SSSR count). The van der Waals surface area contributed by atoms with E-state index in [4.69, 9.17) is 0 Å². The SMILES string of the molecule is O=C(NCC(=O)N1CCC(NC(=O)c2cccc(F)c2)CC1)c1ccccc1. The van der Waals surface area contributed by atoms with Gasteiger partial charge in [-0.2, -0.15) is 0 Å². The molecule has 1 saturated heterocycles. The third-order valence-electron chi connectivity index (χ3n) is 4.71. The highest BCUT2D eigenvalue weighted by Crippen LogP contribution is 2.12. The molecule has 1 fully saturated rings. The van der Waals surface area contributed by atoms with Crippen molar-refractivity contribution < 1.29 is 18.8 Å². The Morgan fingerprint density at radius 3 is 2.29 bits per heavy atom. The van der Waals surface area contributed by atoms with Crippen molar-refractivity contribution in [2.45, 2.75) is 18.9 Å². The molecule has 1 aliphatic rings. The zero-order valence-corrected chi connectivity index (χ0v) is 15.4. The summed E-state index contributed by atoms with van der Waals surface area (Å²) in [6.45, 7) is 0.927. The van der Waals surface area contributed by atoms with Crippen LogP contribution in [0.3, 0.4) is 0 Å². The van der Waals surface area contributed by atoms with Crippen molar-refractivity contribution in [3.05, 3.63) is 71.5 Å². The number of rotatable bonds is 5. The first-order valence-electron chi connectivity index (χ1n) is 9.20. The van der Waals surface area contributed by atoms with Crippen LogP contribution in [0.2, 0.25) is 0 Å². The van der Waals surface area contributed by atoms with Gasteiger partial charge >= 0.3 is 0 Å². The van der Waals surface area contributed by atoms with E-state index in [-0.39, 0.29) is 35.9 Å². The lowest BCUT2D eigenvalue weighted by Crippen LogP contribution is -2.49. The molecule has 1 aliphatic heterocycles. The molecule has 146 valence electrons. The largest absolute Gasteiger partial charge is 0.349 e.